The zero-order chi connectivity index (χ0) is 17.3. The Morgan fingerprint density at radius 3 is 2.54 bits per heavy atom. The summed E-state index contributed by atoms with van der Waals surface area (Å²) in [6.07, 6.45) is 1.59. The lowest BCUT2D eigenvalue weighted by atomic mass is 10.0. The summed E-state index contributed by atoms with van der Waals surface area (Å²) in [5.74, 6) is 0.116. The van der Waals surface area contributed by atoms with Gasteiger partial charge in [-0.2, -0.15) is 0 Å². The minimum Gasteiger partial charge on any atom is -0.381 e. The largest absolute Gasteiger partial charge is 0.381 e. The number of fused-ring (bicyclic) bond motifs is 1. The van der Waals surface area contributed by atoms with Crippen LogP contribution in [0.4, 0.5) is 4.39 Å². The van der Waals surface area contributed by atoms with Crippen molar-refractivity contribution in [1.82, 2.24) is 10.1 Å². The van der Waals surface area contributed by atoms with Crippen molar-refractivity contribution in [2.24, 2.45) is 0 Å². The van der Waals surface area contributed by atoms with E-state index < -0.39 is 0 Å². The summed E-state index contributed by atoms with van der Waals surface area (Å²) in [5.41, 5.74) is 2.78. The summed E-state index contributed by atoms with van der Waals surface area (Å²) in [5, 5.41) is 4.73. The Kier molecular flexibility index (Phi) is 4.16. The van der Waals surface area contributed by atoms with Crippen LogP contribution in [0.25, 0.3) is 22.2 Å². The van der Waals surface area contributed by atoms with E-state index in [0.717, 1.165) is 11.1 Å². The normalized spacial score (nSPS) is 11.8. The number of halogens is 1. The van der Waals surface area contributed by atoms with Gasteiger partial charge in [-0.05, 0) is 49.4 Å². The third-order valence-electron chi connectivity index (χ3n) is 3.91. The van der Waals surface area contributed by atoms with Gasteiger partial charge in [-0.15, -0.1) is 0 Å². The first-order valence-electron chi connectivity index (χ1n) is 7.51. The third-order valence-corrected chi connectivity index (χ3v) is 3.91. The molecule has 0 saturated heterocycles. The highest BCUT2D eigenvalue weighted by atomic mass is 19.1. The first-order chi connectivity index (χ1) is 11.5. The van der Waals surface area contributed by atoms with Gasteiger partial charge in [0.2, 0.25) is 0 Å². The van der Waals surface area contributed by atoms with Crippen LogP contribution in [0.3, 0.4) is 0 Å². The van der Waals surface area contributed by atoms with Gasteiger partial charge in [-0.3, -0.25) is 4.79 Å². The minimum atomic E-state index is -0.317. The van der Waals surface area contributed by atoms with E-state index in [9.17, 15) is 9.18 Å². The molecule has 1 aromatic heterocycles. The Morgan fingerprint density at radius 1 is 1.17 bits per heavy atom. The summed E-state index contributed by atoms with van der Waals surface area (Å²) >= 11 is 0. The Hall–Kier alpha value is -2.95. The molecule has 5 heteroatoms. The molecule has 0 aliphatic carbocycles. The van der Waals surface area contributed by atoms with Crippen molar-refractivity contribution >= 4 is 16.7 Å². The number of hydrogen-bond acceptors (Lipinski definition) is 4. The third kappa shape index (κ3) is 3.06. The first kappa shape index (κ1) is 15.9. The molecule has 3 rings (SSSR count). The van der Waals surface area contributed by atoms with Gasteiger partial charge >= 0.3 is 0 Å². The number of nitrogens with zero attached hydrogens (tertiary/aromatic N) is 2. The molecule has 0 spiro atoms. The van der Waals surface area contributed by atoms with E-state index in [1.54, 1.807) is 36.4 Å². The van der Waals surface area contributed by atoms with E-state index in [1.165, 1.54) is 12.1 Å². The highest BCUT2D eigenvalue weighted by Gasteiger charge is 2.13. The summed E-state index contributed by atoms with van der Waals surface area (Å²) in [6, 6.07) is 11.2. The molecular formula is C19H17FN2O2. The van der Waals surface area contributed by atoms with Crippen molar-refractivity contribution in [2.45, 2.75) is 6.92 Å². The number of hydrogen-bond donors (Lipinski definition) is 0. The second kappa shape index (κ2) is 6.28. The highest BCUT2D eigenvalue weighted by Crippen LogP contribution is 2.29. The minimum absolute atomic E-state index is 0.0886. The topological polar surface area (TPSA) is 46.3 Å². The van der Waals surface area contributed by atoms with Crippen LogP contribution in [-0.2, 0) is 0 Å². The van der Waals surface area contributed by atoms with Gasteiger partial charge in [0.15, 0.2) is 11.5 Å². The van der Waals surface area contributed by atoms with Crippen LogP contribution >= 0.6 is 0 Å². The fraction of sp³-hybridized carbons (Fsp3) is 0.158. The molecule has 0 aliphatic rings. The molecular weight excluding hydrogens is 307 g/mol. The Bertz CT molecular complexity index is 924. The van der Waals surface area contributed by atoms with Crippen molar-refractivity contribution in [1.29, 1.82) is 0 Å². The van der Waals surface area contributed by atoms with E-state index in [1.807, 2.05) is 25.9 Å². The van der Waals surface area contributed by atoms with Crippen LogP contribution < -0.4 is 0 Å². The lowest BCUT2D eigenvalue weighted by molar-refractivity contribution is 0.104. The van der Waals surface area contributed by atoms with E-state index >= 15 is 0 Å². The maximum absolute atomic E-state index is 13.1. The molecule has 0 aliphatic heterocycles. The van der Waals surface area contributed by atoms with Crippen LogP contribution in [-0.4, -0.2) is 29.9 Å². The predicted octanol–water partition coefficient (Wildman–Crippen LogP) is 4.28. The standard InChI is InChI=1S/C19H17FN2O2/c1-12(22(2)3)10-18(23)14-6-9-17-16(11-14)19(24-21-17)13-4-7-15(20)8-5-13/h4-11H,1-3H3. The number of allylic oxidation sites excluding steroid dienone is 2. The van der Waals surface area contributed by atoms with Crippen molar-refractivity contribution in [2.75, 3.05) is 14.1 Å². The molecule has 0 radical (unpaired) electrons. The van der Waals surface area contributed by atoms with Gasteiger partial charge in [-0.1, -0.05) is 5.16 Å². The SMILES string of the molecule is CC(=CC(=O)c1ccc2noc(-c3ccc(F)cc3)c2c1)N(C)C. The fourth-order valence-corrected chi connectivity index (χ4v) is 2.31. The summed E-state index contributed by atoms with van der Waals surface area (Å²) in [7, 11) is 3.77. The van der Waals surface area contributed by atoms with Gasteiger partial charge in [0.1, 0.15) is 11.3 Å². The molecule has 2 aromatic carbocycles. The maximum atomic E-state index is 13.1. The second-order valence-corrected chi connectivity index (χ2v) is 5.79. The lowest BCUT2D eigenvalue weighted by Gasteiger charge is -2.11. The van der Waals surface area contributed by atoms with Crippen molar-refractivity contribution < 1.29 is 13.7 Å². The predicted molar refractivity (Wildman–Crippen MR) is 91.2 cm³/mol. The molecule has 0 amide bonds. The highest BCUT2D eigenvalue weighted by molar-refractivity contribution is 6.07. The Balaban J connectivity index is 2.04. The number of ketones is 1. The zero-order valence-corrected chi connectivity index (χ0v) is 13.7. The molecule has 4 nitrogen and oxygen atoms in total. The molecule has 3 aromatic rings. The van der Waals surface area contributed by atoms with Crippen LogP contribution in [0, 0.1) is 5.82 Å². The van der Waals surface area contributed by atoms with Crippen molar-refractivity contribution in [3.8, 4) is 11.3 Å². The maximum Gasteiger partial charge on any atom is 0.187 e. The van der Waals surface area contributed by atoms with Crippen LogP contribution in [0.2, 0.25) is 0 Å². The zero-order valence-electron chi connectivity index (χ0n) is 13.7. The first-order valence-corrected chi connectivity index (χ1v) is 7.51. The van der Waals surface area contributed by atoms with E-state index in [2.05, 4.69) is 5.16 Å². The molecule has 0 fully saturated rings. The fourth-order valence-electron chi connectivity index (χ4n) is 2.31. The van der Waals surface area contributed by atoms with Crippen LogP contribution in [0.1, 0.15) is 17.3 Å². The summed E-state index contributed by atoms with van der Waals surface area (Å²) < 4.78 is 18.5. The number of carbonyl (C=O) groups is 1. The van der Waals surface area contributed by atoms with Gasteiger partial charge in [0, 0.05) is 37.0 Å². The quantitative estimate of drug-likeness (QED) is 0.531. The molecule has 0 N–H and O–H groups in total. The number of aromatic nitrogens is 1. The van der Waals surface area contributed by atoms with Gasteiger partial charge < -0.3 is 9.42 Å². The summed E-state index contributed by atoms with van der Waals surface area (Å²) in [4.78, 5) is 14.3. The lowest BCUT2D eigenvalue weighted by Crippen LogP contribution is -2.10. The molecule has 24 heavy (non-hydrogen) atoms. The monoisotopic (exact) mass is 324 g/mol. The van der Waals surface area contributed by atoms with Gasteiger partial charge in [0.05, 0.1) is 5.39 Å². The van der Waals surface area contributed by atoms with Crippen molar-refractivity contribution in [3.63, 3.8) is 0 Å². The molecule has 0 unspecified atom stereocenters. The second-order valence-electron chi connectivity index (χ2n) is 5.79. The molecule has 0 bridgehead atoms. The Morgan fingerprint density at radius 2 is 1.88 bits per heavy atom. The van der Waals surface area contributed by atoms with Crippen molar-refractivity contribution in [3.05, 3.63) is 65.6 Å². The van der Waals surface area contributed by atoms with E-state index in [-0.39, 0.29) is 11.6 Å². The molecule has 0 saturated carbocycles. The number of benzene rings is 2. The van der Waals surface area contributed by atoms with E-state index in [4.69, 9.17) is 4.52 Å². The van der Waals surface area contributed by atoms with Gasteiger partial charge in [0.25, 0.3) is 0 Å². The average molecular weight is 324 g/mol. The number of rotatable bonds is 4. The van der Waals surface area contributed by atoms with Gasteiger partial charge in [-0.25, -0.2) is 4.39 Å². The molecule has 0 atom stereocenters. The van der Waals surface area contributed by atoms with Crippen LogP contribution in [0.5, 0.6) is 0 Å². The van der Waals surface area contributed by atoms with E-state index in [0.29, 0.717) is 22.4 Å². The molecule has 122 valence electrons. The average Bonchev–Trinajstić information content (AvgIpc) is 2.98. The molecule has 1 heterocycles. The van der Waals surface area contributed by atoms with Crippen LogP contribution in [0.15, 0.2) is 58.8 Å². The smallest absolute Gasteiger partial charge is 0.187 e. The number of carbonyl (C=O) groups excluding carboxylic acids is 1. The Labute approximate surface area is 139 Å². The summed E-state index contributed by atoms with van der Waals surface area (Å²) in [6.45, 7) is 1.87.